The predicted octanol–water partition coefficient (Wildman–Crippen LogP) is 2.04. The van der Waals surface area contributed by atoms with Crippen molar-refractivity contribution in [2.45, 2.75) is 31.8 Å². The topological polar surface area (TPSA) is 42.7 Å². The molecule has 1 aliphatic carbocycles. The third-order valence-corrected chi connectivity index (χ3v) is 4.36. The monoisotopic (exact) mass is 248 g/mol. The van der Waals surface area contributed by atoms with E-state index in [4.69, 9.17) is 0 Å². The summed E-state index contributed by atoms with van der Waals surface area (Å²) in [6.07, 6.45) is 5.36. The molecule has 0 aromatic carbocycles. The minimum absolute atomic E-state index is 0.488. The minimum atomic E-state index is 0.488. The van der Waals surface area contributed by atoms with Crippen molar-refractivity contribution < 1.29 is 0 Å². The Bertz CT molecular complexity index is 502. The lowest BCUT2D eigenvalue weighted by Gasteiger charge is -2.23. The number of hydrogen-bond donors (Lipinski definition) is 1. The molecule has 0 radical (unpaired) electrons. The first-order valence-electron chi connectivity index (χ1n) is 5.97. The molecule has 0 fully saturated rings. The average Bonchev–Trinajstić information content (AvgIpc) is 2.95. The van der Waals surface area contributed by atoms with E-state index in [2.05, 4.69) is 26.8 Å². The highest BCUT2D eigenvalue weighted by Gasteiger charge is 2.20. The van der Waals surface area contributed by atoms with E-state index in [0.29, 0.717) is 6.04 Å². The molecule has 2 heterocycles. The van der Waals surface area contributed by atoms with E-state index in [1.165, 1.54) is 24.8 Å². The summed E-state index contributed by atoms with van der Waals surface area (Å²) < 4.78 is 1.82. The highest BCUT2D eigenvalue weighted by molar-refractivity contribution is 7.10. The van der Waals surface area contributed by atoms with Crippen molar-refractivity contribution in [3.63, 3.8) is 0 Å². The van der Waals surface area contributed by atoms with Crippen LogP contribution in [0.4, 0.5) is 0 Å². The number of rotatable bonds is 3. The number of nitrogens with zero attached hydrogens (tertiary/aromatic N) is 3. The third kappa shape index (κ3) is 2.12. The van der Waals surface area contributed by atoms with Crippen LogP contribution in [0.1, 0.15) is 35.1 Å². The molecule has 5 heteroatoms. The van der Waals surface area contributed by atoms with Crippen LogP contribution in [0.25, 0.3) is 0 Å². The van der Waals surface area contributed by atoms with Crippen molar-refractivity contribution in [1.82, 2.24) is 20.1 Å². The zero-order chi connectivity index (χ0) is 11.7. The maximum Gasteiger partial charge on any atom is 0.140 e. The fourth-order valence-corrected chi connectivity index (χ4v) is 3.38. The van der Waals surface area contributed by atoms with Gasteiger partial charge in [0.15, 0.2) is 0 Å². The van der Waals surface area contributed by atoms with Gasteiger partial charge in [-0.2, -0.15) is 5.10 Å². The molecule has 90 valence electrons. The second-order valence-electron chi connectivity index (χ2n) is 4.42. The van der Waals surface area contributed by atoms with Gasteiger partial charge in [0.2, 0.25) is 0 Å². The highest BCUT2D eigenvalue weighted by atomic mass is 32.1. The number of fused-ring (bicyclic) bond motifs is 1. The molecule has 0 aliphatic heterocycles. The van der Waals surface area contributed by atoms with Gasteiger partial charge >= 0.3 is 0 Å². The van der Waals surface area contributed by atoms with Gasteiger partial charge in [0.05, 0.1) is 6.54 Å². The lowest BCUT2D eigenvalue weighted by Crippen LogP contribution is -2.25. The van der Waals surface area contributed by atoms with Crippen molar-refractivity contribution in [1.29, 1.82) is 0 Å². The molecule has 0 saturated heterocycles. The number of nitrogens with one attached hydrogen (secondary N) is 1. The average molecular weight is 248 g/mol. The number of aryl methyl sites for hydroxylation is 2. The van der Waals surface area contributed by atoms with E-state index in [9.17, 15) is 0 Å². The Labute approximate surface area is 105 Å². The molecule has 2 aromatic rings. The largest absolute Gasteiger partial charge is 0.303 e. The summed E-state index contributed by atoms with van der Waals surface area (Å²) in [5.74, 6) is 0.993. The van der Waals surface area contributed by atoms with E-state index in [1.807, 2.05) is 23.1 Å². The molecule has 1 N–H and O–H groups in total. The summed E-state index contributed by atoms with van der Waals surface area (Å²) in [6.45, 7) is 0.788. The molecule has 4 nitrogen and oxygen atoms in total. The van der Waals surface area contributed by atoms with Crippen molar-refractivity contribution in [2.75, 3.05) is 0 Å². The van der Waals surface area contributed by atoms with Crippen LogP contribution in [0.5, 0.6) is 0 Å². The van der Waals surface area contributed by atoms with Crippen LogP contribution in [-0.4, -0.2) is 14.8 Å². The van der Waals surface area contributed by atoms with Crippen LogP contribution in [0.15, 0.2) is 17.8 Å². The molecule has 0 saturated carbocycles. The molecule has 1 atom stereocenters. The third-order valence-electron chi connectivity index (χ3n) is 3.36. The lowest BCUT2D eigenvalue weighted by molar-refractivity contribution is 0.450. The van der Waals surface area contributed by atoms with Crippen LogP contribution < -0.4 is 5.32 Å². The van der Waals surface area contributed by atoms with Gasteiger partial charge in [-0.15, -0.1) is 11.3 Å². The van der Waals surface area contributed by atoms with Gasteiger partial charge in [-0.1, -0.05) is 0 Å². The summed E-state index contributed by atoms with van der Waals surface area (Å²) in [5.41, 5.74) is 1.49. The van der Waals surface area contributed by atoms with Crippen molar-refractivity contribution in [2.24, 2.45) is 7.05 Å². The van der Waals surface area contributed by atoms with Crippen molar-refractivity contribution in [3.05, 3.63) is 34.0 Å². The Morgan fingerprint density at radius 3 is 3.35 bits per heavy atom. The first-order valence-corrected chi connectivity index (χ1v) is 6.85. The SMILES string of the molecule is Cn1ncnc1CNC1CCCc2sccc21. The standard InChI is InChI=1S/C12H16N4S/c1-16-12(14-8-15-16)7-13-10-3-2-4-11-9(10)5-6-17-11/h5-6,8,10,13H,2-4,7H2,1H3. The van der Waals surface area contributed by atoms with E-state index in [0.717, 1.165) is 12.4 Å². The van der Waals surface area contributed by atoms with E-state index < -0.39 is 0 Å². The predicted molar refractivity (Wildman–Crippen MR) is 67.8 cm³/mol. The zero-order valence-electron chi connectivity index (χ0n) is 9.89. The smallest absolute Gasteiger partial charge is 0.140 e. The van der Waals surface area contributed by atoms with E-state index in [1.54, 1.807) is 11.2 Å². The molecular weight excluding hydrogens is 232 g/mol. The van der Waals surface area contributed by atoms with E-state index >= 15 is 0 Å². The van der Waals surface area contributed by atoms with Gasteiger partial charge in [-0.05, 0) is 36.3 Å². The zero-order valence-corrected chi connectivity index (χ0v) is 10.7. The number of hydrogen-bond acceptors (Lipinski definition) is 4. The normalized spacial score (nSPS) is 19.2. The minimum Gasteiger partial charge on any atom is -0.303 e. The van der Waals surface area contributed by atoms with Gasteiger partial charge in [-0.3, -0.25) is 4.68 Å². The Kier molecular flexibility index (Phi) is 2.94. The maximum atomic E-state index is 4.24. The molecule has 2 aromatic heterocycles. The summed E-state index contributed by atoms with van der Waals surface area (Å²) in [4.78, 5) is 5.78. The van der Waals surface area contributed by atoms with Crippen LogP contribution >= 0.6 is 11.3 Å². The van der Waals surface area contributed by atoms with Gasteiger partial charge in [-0.25, -0.2) is 4.98 Å². The number of thiophene rings is 1. The molecule has 0 amide bonds. The molecule has 0 spiro atoms. The molecule has 1 unspecified atom stereocenters. The van der Waals surface area contributed by atoms with Gasteiger partial charge in [0, 0.05) is 18.0 Å². The van der Waals surface area contributed by atoms with Gasteiger partial charge < -0.3 is 5.32 Å². The quantitative estimate of drug-likeness (QED) is 0.904. The fraction of sp³-hybridized carbons (Fsp3) is 0.500. The Balaban J connectivity index is 1.70. The first kappa shape index (κ1) is 10.9. The molecule has 1 aliphatic rings. The fourth-order valence-electron chi connectivity index (χ4n) is 2.39. The van der Waals surface area contributed by atoms with Crippen LogP contribution in [0.3, 0.4) is 0 Å². The first-order chi connectivity index (χ1) is 8.34. The molecule has 17 heavy (non-hydrogen) atoms. The van der Waals surface area contributed by atoms with Crippen LogP contribution in [0, 0.1) is 0 Å². The Morgan fingerprint density at radius 1 is 1.59 bits per heavy atom. The summed E-state index contributed by atoms with van der Waals surface area (Å²) in [7, 11) is 1.93. The number of aromatic nitrogens is 3. The highest BCUT2D eigenvalue weighted by Crippen LogP contribution is 2.33. The Morgan fingerprint density at radius 2 is 2.53 bits per heavy atom. The summed E-state index contributed by atoms with van der Waals surface area (Å²) in [5, 5.41) is 9.87. The van der Waals surface area contributed by atoms with Crippen molar-refractivity contribution in [3.8, 4) is 0 Å². The van der Waals surface area contributed by atoms with Crippen molar-refractivity contribution >= 4 is 11.3 Å². The summed E-state index contributed by atoms with van der Waals surface area (Å²) in [6, 6.07) is 2.75. The summed E-state index contributed by atoms with van der Waals surface area (Å²) >= 11 is 1.88. The van der Waals surface area contributed by atoms with Gasteiger partial charge in [0.25, 0.3) is 0 Å². The molecule has 0 bridgehead atoms. The van der Waals surface area contributed by atoms with Crippen LogP contribution in [0.2, 0.25) is 0 Å². The van der Waals surface area contributed by atoms with E-state index in [-0.39, 0.29) is 0 Å². The molecular formula is C12H16N4S. The Hall–Kier alpha value is -1.20. The lowest BCUT2D eigenvalue weighted by atomic mass is 9.94. The van der Waals surface area contributed by atoms with Gasteiger partial charge in [0.1, 0.15) is 12.2 Å². The second-order valence-corrected chi connectivity index (χ2v) is 5.43. The molecule has 3 rings (SSSR count). The second kappa shape index (κ2) is 4.58. The van der Waals surface area contributed by atoms with Crippen LogP contribution in [-0.2, 0) is 20.0 Å². The maximum absolute atomic E-state index is 4.24.